The van der Waals surface area contributed by atoms with Crippen molar-refractivity contribution in [2.75, 3.05) is 19.8 Å². The molecule has 0 aliphatic carbocycles. The Labute approximate surface area is 121 Å². The number of ether oxygens (including phenoxy) is 2. The SMILES string of the molecule is CCCCOC1C=CCN(C(=O)OC(C)(C)C)C1CO. The Morgan fingerprint density at radius 2 is 2.15 bits per heavy atom. The van der Waals surface area contributed by atoms with Crippen LogP contribution in [-0.2, 0) is 9.47 Å². The van der Waals surface area contributed by atoms with Gasteiger partial charge in [-0.15, -0.1) is 0 Å². The van der Waals surface area contributed by atoms with Crippen molar-refractivity contribution < 1.29 is 19.4 Å². The van der Waals surface area contributed by atoms with E-state index in [0.29, 0.717) is 13.2 Å². The lowest BCUT2D eigenvalue weighted by Crippen LogP contribution is -2.53. The normalized spacial score (nSPS) is 22.9. The van der Waals surface area contributed by atoms with Crippen LogP contribution in [0.1, 0.15) is 40.5 Å². The molecule has 0 fully saturated rings. The molecule has 1 rings (SSSR count). The summed E-state index contributed by atoms with van der Waals surface area (Å²) >= 11 is 0. The molecule has 0 radical (unpaired) electrons. The second-order valence-electron chi connectivity index (χ2n) is 6.00. The predicted molar refractivity (Wildman–Crippen MR) is 77.6 cm³/mol. The van der Waals surface area contributed by atoms with Gasteiger partial charge in [0.2, 0.25) is 0 Å². The minimum absolute atomic E-state index is 0.139. The second kappa shape index (κ2) is 7.64. The molecular weight excluding hydrogens is 258 g/mol. The Morgan fingerprint density at radius 1 is 1.45 bits per heavy atom. The van der Waals surface area contributed by atoms with E-state index < -0.39 is 11.7 Å². The van der Waals surface area contributed by atoms with E-state index in [-0.39, 0.29) is 18.8 Å². The number of hydrogen-bond donors (Lipinski definition) is 1. The molecular formula is C15H27NO4. The zero-order valence-corrected chi connectivity index (χ0v) is 13.0. The van der Waals surface area contributed by atoms with Gasteiger partial charge in [0.15, 0.2) is 0 Å². The number of aliphatic hydroxyl groups is 1. The van der Waals surface area contributed by atoms with Crippen LogP contribution >= 0.6 is 0 Å². The van der Waals surface area contributed by atoms with Gasteiger partial charge in [0, 0.05) is 13.2 Å². The number of amides is 1. The van der Waals surface area contributed by atoms with E-state index in [1.54, 1.807) is 0 Å². The number of unbranched alkanes of at least 4 members (excludes halogenated alkanes) is 1. The van der Waals surface area contributed by atoms with E-state index in [1.165, 1.54) is 4.90 Å². The van der Waals surface area contributed by atoms with Crippen molar-refractivity contribution in [1.29, 1.82) is 0 Å². The molecule has 5 heteroatoms. The molecule has 0 saturated heterocycles. The molecule has 116 valence electrons. The summed E-state index contributed by atoms with van der Waals surface area (Å²) in [7, 11) is 0. The van der Waals surface area contributed by atoms with Crippen molar-refractivity contribution in [2.45, 2.75) is 58.3 Å². The van der Waals surface area contributed by atoms with Crippen molar-refractivity contribution in [2.24, 2.45) is 0 Å². The van der Waals surface area contributed by atoms with Crippen LogP contribution in [0.4, 0.5) is 4.79 Å². The van der Waals surface area contributed by atoms with E-state index in [2.05, 4.69) is 6.92 Å². The van der Waals surface area contributed by atoms with Gasteiger partial charge in [-0.05, 0) is 27.2 Å². The number of rotatable bonds is 5. The molecule has 0 aromatic carbocycles. The van der Waals surface area contributed by atoms with Crippen LogP contribution in [0.25, 0.3) is 0 Å². The third-order valence-corrected chi connectivity index (χ3v) is 3.03. The summed E-state index contributed by atoms with van der Waals surface area (Å²) in [6, 6.07) is -0.383. The zero-order valence-electron chi connectivity index (χ0n) is 13.0. The topological polar surface area (TPSA) is 59.0 Å². The minimum Gasteiger partial charge on any atom is -0.444 e. The second-order valence-corrected chi connectivity index (χ2v) is 6.00. The molecule has 5 nitrogen and oxygen atoms in total. The lowest BCUT2D eigenvalue weighted by molar-refractivity contribution is -0.0314. The molecule has 1 aliphatic rings. The van der Waals surface area contributed by atoms with Crippen LogP contribution in [0.2, 0.25) is 0 Å². The van der Waals surface area contributed by atoms with Crippen LogP contribution in [0.3, 0.4) is 0 Å². The van der Waals surface area contributed by atoms with E-state index in [1.807, 2.05) is 32.9 Å². The van der Waals surface area contributed by atoms with Gasteiger partial charge in [0.1, 0.15) is 5.60 Å². The first-order valence-electron chi connectivity index (χ1n) is 7.27. The van der Waals surface area contributed by atoms with E-state index >= 15 is 0 Å². The van der Waals surface area contributed by atoms with E-state index in [4.69, 9.17) is 9.47 Å². The van der Waals surface area contributed by atoms with Crippen LogP contribution in [0.5, 0.6) is 0 Å². The largest absolute Gasteiger partial charge is 0.444 e. The molecule has 0 saturated carbocycles. The standard InChI is InChI=1S/C15H27NO4/c1-5-6-10-19-13-8-7-9-16(12(13)11-17)14(18)20-15(2,3)4/h7-8,12-13,17H,5-6,9-11H2,1-4H3. The van der Waals surface area contributed by atoms with Gasteiger partial charge in [0.25, 0.3) is 0 Å². The van der Waals surface area contributed by atoms with Crippen molar-refractivity contribution in [3.05, 3.63) is 12.2 Å². The lowest BCUT2D eigenvalue weighted by Gasteiger charge is -2.37. The molecule has 2 atom stereocenters. The summed E-state index contributed by atoms with van der Waals surface area (Å²) in [4.78, 5) is 13.7. The van der Waals surface area contributed by atoms with Crippen LogP contribution < -0.4 is 0 Å². The first kappa shape index (κ1) is 17.0. The molecule has 0 aromatic rings. The molecule has 2 unspecified atom stereocenters. The van der Waals surface area contributed by atoms with Gasteiger partial charge in [-0.2, -0.15) is 0 Å². The van der Waals surface area contributed by atoms with Crippen LogP contribution in [-0.4, -0.2) is 53.6 Å². The third-order valence-electron chi connectivity index (χ3n) is 3.03. The Balaban J connectivity index is 2.67. The van der Waals surface area contributed by atoms with Gasteiger partial charge in [-0.25, -0.2) is 4.79 Å². The fourth-order valence-corrected chi connectivity index (χ4v) is 2.01. The minimum atomic E-state index is -0.545. The maximum atomic E-state index is 12.2. The summed E-state index contributed by atoms with van der Waals surface area (Å²) in [6.07, 6.45) is 5.13. The lowest BCUT2D eigenvalue weighted by atomic mass is 10.1. The highest BCUT2D eigenvalue weighted by molar-refractivity contribution is 5.69. The summed E-state index contributed by atoms with van der Waals surface area (Å²) in [5, 5.41) is 9.57. The van der Waals surface area contributed by atoms with Crippen molar-refractivity contribution in [1.82, 2.24) is 4.90 Å². The first-order valence-corrected chi connectivity index (χ1v) is 7.27. The van der Waals surface area contributed by atoms with Gasteiger partial charge >= 0.3 is 6.09 Å². The van der Waals surface area contributed by atoms with E-state index in [0.717, 1.165) is 12.8 Å². The Kier molecular flexibility index (Phi) is 6.49. The number of nitrogens with zero attached hydrogens (tertiary/aromatic N) is 1. The summed E-state index contributed by atoms with van der Waals surface area (Å²) in [5.74, 6) is 0. The molecule has 0 bridgehead atoms. The van der Waals surface area contributed by atoms with Crippen molar-refractivity contribution in [3.8, 4) is 0 Å². The molecule has 0 aromatic heterocycles. The summed E-state index contributed by atoms with van der Waals surface area (Å²) in [6.45, 7) is 8.50. The van der Waals surface area contributed by atoms with Crippen molar-refractivity contribution in [3.63, 3.8) is 0 Å². The van der Waals surface area contributed by atoms with Crippen LogP contribution in [0.15, 0.2) is 12.2 Å². The van der Waals surface area contributed by atoms with Gasteiger partial charge in [0.05, 0.1) is 18.8 Å². The van der Waals surface area contributed by atoms with Gasteiger partial charge in [-0.3, -0.25) is 4.90 Å². The average Bonchev–Trinajstić information content (AvgIpc) is 2.36. The first-order chi connectivity index (χ1) is 9.39. The molecule has 1 aliphatic heterocycles. The number of carbonyl (C=O) groups is 1. The smallest absolute Gasteiger partial charge is 0.411 e. The maximum absolute atomic E-state index is 12.2. The van der Waals surface area contributed by atoms with E-state index in [9.17, 15) is 9.90 Å². The maximum Gasteiger partial charge on any atom is 0.411 e. The number of aliphatic hydroxyl groups excluding tert-OH is 1. The molecule has 0 spiro atoms. The molecule has 20 heavy (non-hydrogen) atoms. The highest BCUT2D eigenvalue weighted by Crippen LogP contribution is 2.19. The summed E-state index contributed by atoms with van der Waals surface area (Å²) < 4.78 is 11.1. The predicted octanol–water partition coefficient (Wildman–Crippen LogP) is 2.34. The molecule has 1 N–H and O–H groups in total. The van der Waals surface area contributed by atoms with Gasteiger partial charge < -0.3 is 14.6 Å². The average molecular weight is 285 g/mol. The Hall–Kier alpha value is -1.07. The fraction of sp³-hybridized carbons (Fsp3) is 0.800. The fourth-order valence-electron chi connectivity index (χ4n) is 2.01. The monoisotopic (exact) mass is 285 g/mol. The zero-order chi connectivity index (χ0) is 15.2. The van der Waals surface area contributed by atoms with Crippen LogP contribution in [0, 0.1) is 0 Å². The molecule has 1 heterocycles. The highest BCUT2D eigenvalue weighted by Gasteiger charge is 2.34. The number of carbonyl (C=O) groups excluding carboxylic acids is 1. The third kappa shape index (κ3) is 5.13. The Bertz CT molecular complexity index is 335. The highest BCUT2D eigenvalue weighted by atomic mass is 16.6. The quantitative estimate of drug-likeness (QED) is 0.622. The number of hydrogen-bond acceptors (Lipinski definition) is 4. The van der Waals surface area contributed by atoms with Gasteiger partial charge in [-0.1, -0.05) is 25.5 Å². The molecule has 1 amide bonds. The Morgan fingerprint density at radius 3 is 2.70 bits per heavy atom. The van der Waals surface area contributed by atoms with Crippen molar-refractivity contribution >= 4 is 6.09 Å². The summed E-state index contributed by atoms with van der Waals surface area (Å²) in [5.41, 5.74) is -0.545.